The Kier molecular flexibility index (Phi) is 2.13. The van der Waals surface area contributed by atoms with Gasteiger partial charge >= 0.3 is 6.03 Å². The molecule has 1 N–H and O–H groups in total. The van der Waals surface area contributed by atoms with Crippen molar-refractivity contribution in [3.05, 3.63) is 10.4 Å². The third-order valence-corrected chi connectivity index (χ3v) is 5.37. The van der Waals surface area contributed by atoms with Crippen LogP contribution < -0.4 is 5.32 Å². The van der Waals surface area contributed by atoms with Gasteiger partial charge in [0.2, 0.25) is 0 Å². The Morgan fingerprint density at radius 3 is 2.95 bits per heavy atom. The van der Waals surface area contributed by atoms with E-state index in [0.29, 0.717) is 12.6 Å². The average Bonchev–Trinajstić information content (AvgIpc) is 2.65. The van der Waals surface area contributed by atoms with Crippen LogP contribution in [0.25, 0.3) is 10.4 Å². The zero-order valence-electron chi connectivity index (χ0n) is 10.9. The summed E-state index contributed by atoms with van der Waals surface area (Å²) >= 11 is 0. The van der Waals surface area contributed by atoms with Crippen LogP contribution in [0.4, 0.5) is 4.79 Å². The molecular formula is C12H18N6O. The first-order chi connectivity index (χ1) is 9.18. The lowest BCUT2D eigenvalue weighted by Crippen LogP contribution is -2.76. The van der Waals surface area contributed by atoms with Gasteiger partial charge < -0.3 is 15.1 Å². The van der Waals surface area contributed by atoms with Crippen molar-refractivity contribution in [3.8, 4) is 0 Å². The molecule has 7 heteroatoms. The second-order valence-electron chi connectivity index (χ2n) is 6.59. The van der Waals surface area contributed by atoms with E-state index in [1.54, 1.807) is 0 Å². The van der Waals surface area contributed by atoms with Crippen molar-refractivity contribution >= 4 is 6.03 Å². The summed E-state index contributed by atoms with van der Waals surface area (Å²) in [4.78, 5) is 19.4. The maximum Gasteiger partial charge on any atom is 0.320 e. The molecule has 2 aliphatic heterocycles. The van der Waals surface area contributed by atoms with Gasteiger partial charge in [-0.3, -0.25) is 0 Å². The molecule has 0 spiro atoms. The van der Waals surface area contributed by atoms with E-state index in [2.05, 4.69) is 20.2 Å². The van der Waals surface area contributed by atoms with Crippen LogP contribution >= 0.6 is 0 Å². The highest BCUT2D eigenvalue weighted by molar-refractivity contribution is 5.79. The molecule has 102 valence electrons. The second kappa shape index (κ2) is 3.55. The quantitative estimate of drug-likeness (QED) is 0.466. The van der Waals surface area contributed by atoms with Crippen LogP contribution in [0.3, 0.4) is 0 Å². The van der Waals surface area contributed by atoms with Crippen LogP contribution in [-0.4, -0.2) is 60.1 Å². The Bertz CT molecular complexity index is 465. The molecular weight excluding hydrogens is 244 g/mol. The van der Waals surface area contributed by atoms with Crippen LogP contribution in [0.2, 0.25) is 0 Å². The molecule has 0 aromatic heterocycles. The lowest BCUT2D eigenvalue weighted by atomic mass is 9.39. The van der Waals surface area contributed by atoms with Crippen molar-refractivity contribution in [1.82, 2.24) is 15.1 Å². The Balaban J connectivity index is 1.46. The monoisotopic (exact) mass is 262 g/mol. The summed E-state index contributed by atoms with van der Waals surface area (Å²) in [6.45, 7) is 4.12. The minimum Gasteiger partial charge on any atom is -0.317 e. The Labute approximate surface area is 111 Å². The third-order valence-electron chi connectivity index (χ3n) is 5.37. The Morgan fingerprint density at radius 1 is 1.47 bits per heavy atom. The molecule has 5 fully saturated rings. The Morgan fingerprint density at radius 2 is 2.26 bits per heavy atom. The number of nitrogens with zero attached hydrogens (tertiary/aromatic N) is 5. The number of nitrogens with one attached hydrogen (secondary N) is 1. The predicted octanol–water partition coefficient (Wildman–Crippen LogP) is 0.929. The van der Waals surface area contributed by atoms with Gasteiger partial charge in [-0.25, -0.2) is 4.79 Å². The summed E-state index contributed by atoms with van der Waals surface area (Å²) in [5.74, 6) is 0. The predicted molar refractivity (Wildman–Crippen MR) is 68.5 cm³/mol. The van der Waals surface area contributed by atoms with Gasteiger partial charge in [-0.1, -0.05) is 5.11 Å². The molecule has 0 unspecified atom stereocenters. The average molecular weight is 262 g/mol. The summed E-state index contributed by atoms with van der Waals surface area (Å²) in [7, 11) is 0. The molecule has 2 heterocycles. The molecule has 0 aromatic carbocycles. The summed E-state index contributed by atoms with van der Waals surface area (Å²) in [6, 6.07) is 0.576. The van der Waals surface area contributed by atoms with Gasteiger partial charge in [0, 0.05) is 43.2 Å². The van der Waals surface area contributed by atoms with E-state index < -0.39 is 0 Å². The number of urea groups is 1. The number of azide groups is 1. The Hall–Kier alpha value is -1.46. The molecule has 1 atom stereocenters. The number of carbonyl (C=O) groups excluding carboxylic acids is 1. The lowest BCUT2D eigenvalue weighted by Gasteiger charge is -2.73. The fourth-order valence-electron chi connectivity index (χ4n) is 4.59. The van der Waals surface area contributed by atoms with Crippen molar-refractivity contribution in [3.63, 3.8) is 0 Å². The summed E-state index contributed by atoms with van der Waals surface area (Å²) in [5, 5.41) is 7.07. The highest BCUT2D eigenvalue weighted by Crippen LogP contribution is 2.70. The molecule has 7 nitrogen and oxygen atoms in total. The van der Waals surface area contributed by atoms with Crippen molar-refractivity contribution in [2.75, 3.05) is 32.7 Å². The number of hydrogen-bond donors (Lipinski definition) is 1. The number of fused-ring (bicyclic) bond motifs is 1. The first kappa shape index (κ1) is 11.4. The van der Waals surface area contributed by atoms with E-state index in [-0.39, 0.29) is 17.0 Å². The third kappa shape index (κ3) is 1.37. The fourth-order valence-corrected chi connectivity index (χ4v) is 4.59. The lowest BCUT2D eigenvalue weighted by molar-refractivity contribution is -0.193. The molecule has 0 aromatic rings. The van der Waals surface area contributed by atoms with Crippen LogP contribution in [0.15, 0.2) is 5.11 Å². The van der Waals surface area contributed by atoms with E-state index >= 15 is 0 Å². The van der Waals surface area contributed by atoms with Gasteiger partial charge in [0.05, 0.1) is 6.04 Å². The summed E-state index contributed by atoms with van der Waals surface area (Å²) in [6.07, 6.45) is 3.08. The zero-order chi connectivity index (χ0) is 13.1. The number of amides is 2. The fraction of sp³-hybridized carbons (Fsp3) is 0.917. The van der Waals surface area contributed by atoms with Crippen molar-refractivity contribution in [2.24, 2.45) is 10.5 Å². The highest BCUT2D eigenvalue weighted by Gasteiger charge is 2.71. The molecule has 2 saturated heterocycles. The number of hydrogen-bond acceptors (Lipinski definition) is 3. The first-order valence-electron chi connectivity index (χ1n) is 6.98. The van der Waals surface area contributed by atoms with Gasteiger partial charge in [-0.05, 0) is 30.2 Å². The summed E-state index contributed by atoms with van der Waals surface area (Å²) < 4.78 is 0. The molecule has 3 saturated carbocycles. The van der Waals surface area contributed by atoms with Crippen molar-refractivity contribution in [2.45, 2.75) is 30.8 Å². The second-order valence-corrected chi connectivity index (χ2v) is 6.59. The molecule has 2 amide bonds. The van der Waals surface area contributed by atoms with Gasteiger partial charge in [0.1, 0.15) is 0 Å². The maximum absolute atomic E-state index is 12.5. The van der Waals surface area contributed by atoms with Gasteiger partial charge in [0.25, 0.3) is 0 Å². The van der Waals surface area contributed by atoms with E-state index in [1.807, 2.05) is 4.90 Å². The van der Waals surface area contributed by atoms with E-state index in [1.165, 1.54) is 0 Å². The van der Waals surface area contributed by atoms with E-state index in [0.717, 1.165) is 45.4 Å². The molecule has 5 rings (SSSR count). The van der Waals surface area contributed by atoms with Gasteiger partial charge in [-0.2, -0.15) is 0 Å². The standard InChI is InChI=1S/C12H18N6O/c13-16-15-8-11-5-12(6-11,7-11)18-4-9-3-14-1-2-17(9)10(18)19/h9,14H,1-8H2/t9-,11?,12?/m1/s1. The minimum absolute atomic E-state index is 0.0966. The van der Waals surface area contributed by atoms with Crippen molar-refractivity contribution < 1.29 is 4.79 Å². The van der Waals surface area contributed by atoms with Crippen LogP contribution in [0, 0.1) is 5.41 Å². The van der Waals surface area contributed by atoms with Crippen LogP contribution in [-0.2, 0) is 0 Å². The summed E-state index contributed by atoms with van der Waals surface area (Å²) in [5.41, 5.74) is 8.72. The normalized spacial score (nSPS) is 43.2. The topological polar surface area (TPSA) is 84.3 Å². The number of carbonyl (C=O) groups is 1. The van der Waals surface area contributed by atoms with Gasteiger partial charge in [-0.15, -0.1) is 0 Å². The molecule has 0 radical (unpaired) electrons. The first-order valence-corrected chi connectivity index (χ1v) is 6.98. The maximum atomic E-state index is 12.5. The molecule has 5 aliphatic rings. The highest BCUT2D eigenvalue weighted by atomic mass is 16.2. The van der Waals surface area contributed by atoms with Gasteiger partial charge in [0.15, 0.2) is 0 Å². The van der Waals surface area contributed by atoms with Crippen LogP contribution in [0.1, 0.15) is 19.3 Å². The van der Waals surface area contributed by atoms with Crippen LogP contribution in [0.5, 0.6) is 0 Å². The zero-order valence-corrected chi connectivity index (χ0v) is 10.9. The number of piperazine rings is 1. The SMILES string of the molecule is [N-]=[N+]=NCC12CC(N3C[C@H]4CNCCN4C3=O)(C1)C2. The number of rotatable bonds is 3. The molecule has 19 heavy (non-hydrogen) atoms. The van der Waals surface area contributed by atoms with E-state index in [9.17, 15) is 4.79 Å². The minimum atomic E-state index is 0.0966. The smallest absolute Gasteiger partial charge is 0.317 e. The molecule has 3 aliphatic carbocycles. The van der Waals surface area contributed by atoms with E-state index in [4.69, 9.17) is 5.53 Å². The largest absolute Gasteiger partial charge is 0.320 e. The molecule has 2 bridgehead atoms. The van der Waals surface area contributed by atoms with Crippen molar-refractivity contribution in [1.29, 1.82) is 0 Å².